The first-order valence-corrected chi connectivity index (χ1v) is 4.42. The Kier molecular flexibility index (Phi) is 3.54. The fraction of sp³-hybridized carbons (Fsp3) is 0.333. The van der Waals surface area contributed by atoms with E-state index in [1.54, 1.807) is 6.92 Å². The molecule has 0 radical (unpaired) electrons. The van der Waals surface area contributed by atoms with Crippen LogP contribution in [0.25, 0.3) is 0 Å². The fourth-order valence-corrected chi connectivity index (χ4v) is 1.02. The van der Waals surface area contributed by atoms with Gasteiger partial charge in [0, 0.05) is 12.0 Å². The topological polar surface area (TPSA) is 20.2 Å². The summed E-state index contributed by atoms with van der Waals surface area (Å²) in [5.74, 6) is 5.94. The molecule has 0 aliphatic rings. The molecule has 0 aliphatic carbocycles. The van der Waals surface area contributed by atoms with Gasteiger partial charge in [0.25, 0.3) is 0 Å². The molecule has 0 bridgehead atoms. The van der Waals surface area contributed by atoms with E-state index in [1.807, 2.05) is 31.2 Å². The highest BCUT2D eigenvalue weighted by Gasteiger charge is 1.89. The minimum atomic E-state index is -0.336. The molecular weight excluding hydrogens is 160 g/mol. The van der Waals surface area contributed by atoms with Crippen LogP contribution in [0, 0.1) is 18.8 Å². The van der Waals surface area contributed by atoms with Crippen molar-refractivity contribution in [3.63, 3.8) is 0 Å². The Morgan fingerprint density at radius 3 is 2.85 bits per heavy atom. The number of benzene rings is 1. The minimum Gasteiger partial charge on any atom is -0.392 e. The van der Waals surface area contributed by atoms with Crippen LogP contribution in [0.2, 0.25) is 0 Å². The Labute approximate surface area is 79.4 Å². The number of hydrogen-bond acceptors (Lipinski definition) is 1. The number of aryl methyl sites for hydroxylation is 1. The number of rotatable bonds is 1. The van der Waals surface area contributed by atoms with Crippen LogP contribution in [0.1, 0.15) is 24.5 Å². The van der Waals surface area contributed by atoms with E-state index in [0.717, 1.165) is 5.56 Å². The summed E-state index contributed by atoms with van der Waals surface area (Å²) in [7, 11) is 0. The molecule has 1 N–H and O–H groups in total. The van der Waals surface area contributed by atoms with Crippen LogP contribution in [0.15, 0.2) is 24.3 Å². The lowest BCUT2D eigenvalue weighted by atomic mass is 10.1. The number of aliphatic hydroxyl groups is 1. The van der Waals surface area contributed by atoms with Gasteiger partial charge in [-0.25, -0.2) is 0 Å². The predicted octanol–water partition coefficient (Wildman–Crippen LogP) is 2.12. The third-order valence-electron chi connectivity index (χ3n) is 1.65. The first kappa shape index (κ1) is 9.83. The van der Waals surface area contributed by atoms with Crippen molar-refractivity contribution >= 4 is 0 Å². The standard InChI is InChI=1S/C12H14O/c1-10-5-3-7-12(9-10)8-4-6-11(2)13/h3,5,7,9,11,13H,6H2,1-2H3. The lowest BCUT2D eigenvalue weighted by Crippen LogP contribution is -1.95. The smallest absolute Gasteiger partial charge is 0.0621 e. The van der Waals surface area contributed by atoms with Gasteiger partial charge >= 0.3 is 0 Å². The van der Waals surface area contributed by atoms with Crippen LogP contribution in [-0.4, -0.2) is 11.2 Å². The fourth-order valence-electron chi connectivity index (χ4n) is 1.02. The molecule has 1 aromatic rings. The molecule has 0 fully saturated rings. The van der Waals surface area contributed by atoms with Gasteiger partial charge in [0.2, 0.25) is 0 Å². The van der Waals surface area contributed by atoms with Gasteiger partial charge in [0.15, 0.2) is 0 Å². The third kappa shape index (κ3) is 3.78. The van der Waals surface area contributed by atoms with Gasteiger partial charge in [-0.2, -0.15) is 0 Å². The van der Waals surface area contributed by atoms with Gasteiger partial charge in [-0.05, 0) is 31.5 Å². The third-order valence-corrected chi connectivity index (χ3v) is 1.65. The van der Waals surface area contributed by atoms with Crippen LogP contribution in [0.4, 0.5) is 0 Å². The Bertz CT molecular complexity index is 328. The first-order chi connectivity index (χ1) is 6.18. The van der Waals surface area contributed by atoms with Crippen LogP contribution in [-0.2, 0) is 0 Å². The second-order valence-corrected chi connectivity index (χ2v) is 3.22. The Morgan fingerprint density at radius 1 is 1.46 bits per heavy atom. The van der Waals surface area contributed by atoms with Gasteiger partial charge in [-0.15, -0.1) is 0 Å². The van der Waals surface area contributed by atoms with E-state index in [0.29, 0.717) is 6.42 Å². The average molecular weight is 174 g/mol. The van der Waals surface area contributed by atoms with Gasteiger partial charge in [-0.1, -0.05) is 24.0 Å². The van der Waals surface area contributed by atoms with E-state index < -0.39 is 0 Å². The molecule has 0 aliphatic heterocycles. The van der Waals surface area contributed by atoms with Crippen molar-refractivity contribution in [3.8, 4) is 11.8 Å². The summed E-state index contributed by atoms with van der Waals surface area (Å²) in [4.78, 5) is 0. The van der Waals surface area contributed by atoms with Gasteiger partial charge in [0.1, 0.15) is 0 Å². The summed E-state index contributed by atoms with van der Waals surface area (Å²) in [6.07, 6.45) is 0.200. The molecular formula is C12H14O. The minimum absolute atomic E-state index is 0.336. The summed E-state index contributed by atoms with van der Waals surface area (Å²) in [5, 5.41) is 8.98. The van der Waals surface area contributed by atoms with Gasteiger partial charge in [-0.3, -0.25) is 0 Å². The molecule has 1 heteroatoms. The second kappa shape index (κ2) is 4.69. The maximum absolute atomic E-state index is 8.98. The van der Waals surface area contributed by atoms with Crippen molar-refractivity contribution in [2.24, 2.45) is 0 Å². The first-order valence-electron chi connectivity index (χ1n) is 4.42. The lowest BCUT2D eigenvalue weighted by Gasteiger charge is -1.94. The van der Waals surface area contributed by atoms with Crippen molar-refractivity contribution in [1.29, 1.82) is 0 Å². The zero-order valence-electron chi connectivity index (χ0n) is 8.04. The highest BCUT2D eigenvalue weighted by atomic mass is 16.3. The normalized spacial score (nSPS) is 11.6. The molecule has 0 heterocycles. The van der Waals surface area contributed by atoms with Crippen molar-refractivity contribution in [3.05, 3.63) is 35.4 Å². The molecule has 0 saturated carbocycles. The van der Waals surface area contributed by atoms with E-state index in [4.69, 9.17) is 5.11 Å². The molecule has 0 spiro atoms. The highest BCUT2D eigenvalue weighted by Crippen LogP contribution is 2.01. The predicted molar refractivity (Wildman–Crippen MR) is 54.4 cm³/mol. The summed E-state index contributed by atoms with van der Waals surface area (Å²) < 4.78 is 0. The van der Waals surface area contributed by atoms with Crippen LogP contribution >= 0.6 is 0 Å². The zero-order chi connectivity index (χ0) is 9.68. The molecule has 1 rings (SSSR count). The molecule has 0 amide bonds. The maximum atomic E-state index is 8.98. The Balaban J connectivity index is 2.66. The summed E-state index contributed by atoms with van der Waals surface area (Å²) in [5.41, 5.74) is 2.23. The molecule has 1 unspecified atom stereocenters. The van der Waals surface area contributed by atoms with Gasteiger partial charge < -0.3 is 5.11 Å². The monoisotopic (exact) mass is 174 g/mol. The highest BCUT2D eigenvalue weighted by molar-refractivity contribution is 5.36. The molecule has 0 saturated heterocycles. The van der Waals surface area contributed by atoms with E-state index in [2.05, 4.69) is 11.8 Å². The lowest BCUT2D eigenvalue weighted by molar-refractivity contribution is 0.201. The zero-order valence-corrected chi connectivity index (χ0v) is 8.04. The molecule has 68 valence electrons. The molecule has 1 atom stereocenters. The SMILES string of the molecule is Cc1cccc(C#CCC(C)O)c1. The maximum Gasteiger partial charge on any atom is 0.0621 e. The van der Waals surface area contributed by atoms with E-state index >= 15 is 0 Å². The quantitative estimate of drug-likeness (QED) is 0.646. The summed E-state index contributed by atoms with van der Waals surface area (Å²) in [6, 6.07) is 8.04. The largest absolute Gasteiger partial charge is 0.392 e. The molecule has 1 nitrogen and oxygen atoms in total. The molecule has 1 aromatic carbocycles. The molecule has 13 heavy (non-hydrogen) atoms. The van der Waals surface area contributed by atoms with Crippen molar-refractivity contribution < 1.29 is 5.11 Å². The van der Waals surface area contributed by atoms with Gasteiger partial charge in [0.05, 0.1) is 6.10 Å². The Morgan fingerprint density at radius 2 is 2.23 bits per heavy atom. The van der Waals surface area contributed by atoms with Crippen molar-refractivity contribution in [1.82, 2.24) is 0 Å². The van der Waals surface area contributed by atoms with Crippen LogP contribution < -0.4 is 0 Å². The van der Waals surface area contributed by atoms with Crippen LogP contribution in [0.5, 0.6) is 0 Å². The average Bonchev–Trinajstić information content (AvgIpc) is 2.03. The summed E-state index contributed by atoms with van der Waals surface area (Å²) >= 11 is 0. The summed E-state index contributed by atoms with van der Waals surface area (Å²) in [6.45, 7) is 3.78. The van der Waals surface area contributed by atoms with E-state index in [-0.39, 0.29) is 6.10 Å². The van der Waals surface area contributed by atoms with Crippen LogP contribution in [0.3, 0.4) is 0 Å². The number of hydrogen-bond donors (Lipinski definition) is 1. The van der Waals surface area contributed by atoms with Crippen molar-refractivity contribution in [2.45, 2.75) is 26.4 Å². The number of aliphatic hydroxyl groups excluding tert-OH is 1. The molecule has 0 aromatic heterocycles. The van der Waals surface area contributed by atoms with E-state index in [9.17, 15) is 0 Å². The van der Waals surface area contributed by atoms with Crippen molar-refractivity contribution in [2.75, 3.05) is 0 Å². The Hall–Kier alpha value is -1.26. The second-order valence-electron chi connectivity index (χ2n) is 3.22. The van der Waals surface area contributed by atoms with E-state index in [1.165, 1.54) is 5.56 Å².